The topological polar surface area (TPSA) is 83.8 Å². The monoisotopic (exact) mass is 409 g/mol. The molecule has 1 saturated carbocycles. The Labute approximate surface area is 180 Å². The lowest BCUT2D eigenvalue weighted by molar-refractivity contribution is 0.412. The molecule has 1 N–H and O–H groups in total. The Morgan fingerprint density at radius 1 is 1.19 bits per heavy atom. The first-order chi connectivity index (χ1) is 15.3. The molecule has 7 heteroatoms. The van der Waals surface area contributed by atoms with Gasteiger partial charge in [-0.1, -0.05) is 12.1 Å². The van der Waals surface area contributed by atoms with E-state index in [1.807, 2.05) is 33.7 Å². The number of hydrogen-bond acceptors (Lipinski definition) is 5. The molecule has 4 aromatic rings. The van der Waals surface area contributed by atoms with Gasteiger partial charge in [0.1, 0.15) is 11.5 Å². The smallest absolute Gasteiger partial charge is 0.149 e. The van der Waals surface area contributed by atoms with E-state index in [1.165, 1.54) is 24.0 Å². The zero-order chi connectivity index (χ0) is 20.8. The van der Waals surface area contributed by atoms with Crippen molar-refractivity contribution in [3.8, 4) is 28.7 Å². The SMILES string of the molecule is N#CCC(C1CC1)n1cc(-c2nc(-c3ccc4c(c3)CCNC4)cc3nccn23)cn1. The number of fused-ring (bicyclic) bond motifs is 2. The molecule has 0 radical (unpaired) electrons. The van der Waals surface area contributed by atoms with Gasteiger partial charge in [0, 0.05) is 36.8 Å². The van der Waals surface area contributed by atoms with Crippen molar-refractivity contribution in [2.75, 3.05) is 6.54 Å². The third-order valence-electron chi connectivity index (χ3n) is 6.44. The summed E-state index contributed by atoms with van der Waals surface area (Å²) >= 11 is 0. The van der Waals surface area contributed by atoms with Gasteiger partial charge in [0.2, 0.25) is 0 Å². The summed E-state index contributed by atoms with van der Waals surface area (Å²) in [6.45, 7) is 1.94. The molecular formula is C24H23N7. The highest BCUT2D eigenvalue weighted by molar-refractivity contribution is 5.69. The lowest BCUT2D eigenvalue weighted by Gasteiger charge is -2.18. The van der Waals surface area contributed by atoms with Crippen LogP contribution in [0.4, 0.5) is 0 Å². The van der Waals surface area contributed by atoms with Gasteiger partial charge in [0.05, 0.1) is 36.0 Å². The summed E-state index contributed by atoms with van der Waals surface area (Å²) in [4.78, 5) is 9.56. The van der Waals surface area contributed by atoms with Gasteiger partial charge in [-0.15, -0.1) is 0 Å². The van der Waals surface area contributed by atoms with Crippen molar-refractivity contribution >= 4 is 5.65 Å². The van der Waals surface area contributed by atoms with Crippen LogP contribution in [-0.4, -0.2) is 30.7 Å². The number of imidazole rings is 1. The minimum absolute atomic E-state index is 0.148. The number of rotatable bonds is 5. The Balaban J connectivity index is 1.43. The average molecular weight is 409 g/mol. The van der Waals surface area contributed by atoms with Crippen LogP contribution in [0.25, 0.3) is 28.3 Å². The van der Waals surface area contributed by atoms with Gasteiger partial charge in [0.15, 0.2) is 0 Å². The third-order valence-corrected chi connectivity index (χ3v) is 6.44. The Bertz CT molecular complexity index is 1310. The summed E-state index contributed by atoms with van der Waals surface area (Å²) in [6, 6.07) is 11.1. The number of hydrogen-bond donors (Lipinski definition) is 1. The summed E-state index contributed by atoms with van der Waals surface area (Å²) in [7, 11) is 0. The van der Waals surface area contributed by atoms with Crippen LogP contribution in [0, 0.1) is 17.2 Å². The molecule has 1 fully saturated rings. The van der Waals surface area contributed by atoms with Crippen molar-refractivity contribution in [1.82, 2.24) is 29.5 Å². The molecule has 4 heterocycles. The molecule has 1 atom stereocenters. The van der Waals surface area contributed by atoms with Crippen LogP contribution >= 0.6 is 0 Å². The quantitative estimate of drug-likeness (QED) is 0.542. The Kier molecular flexibility index (Phi) is 4.32. The van der Waals surface area contributed by atoms with E-state index in [1.54, 1.807) is 6.20 Å². The van der Waals surface area contributed by atoms with Gasteiger partial charge < -0.3 is 5.32 Å². The number of nitrogens with one attached hydrogen (secondary N) is 1. The van der Waals surface area contributed by atoms with Crippen molar-refractivity contribution in [2.45, 2.75) is 38.3 Å². The first-order valence-electron chi connectivity index (χ1n) is 10.9. The van der Waals surface area contributed by atoms with Crippen LogP contribution in [-0.2, 0) is 13.0 Å². The lowest BCUT2D eigenvalue weighted by Crippen LogP contribution is -2.23. The van der Waals surface area contributed by atoms with E-state index >= 15 is 0 Å². The van der Waals surface area contributed by atoms with Crippen LogP contribution in [0.1, 0.15) is 36.4 Å². The standard InChI is InChI=1S/C24H23N7/c25-7-5-22(16-1-2-16)31-15-20(14-28-31)24-29-21(12-23-27-9-10-30(23)24)18-3-4-19-13-26-8-6-17(19)11-18/h3-4,9-12,14-16,22,26H,1-2,5-6,8,13H2. The predicted octanol–water partition coefficient (Wildman–Crippen LogP) is 3.77. The maximum absolute atomic E-state index is 9.24. The second-order valence-electron chi connectivity index (χ2n) is 8.51. The summed E-state index contributed by atoms with van der Waals surface area (Å²) in [5, 5.41) is 17.3. The van der Waals surface area contributed by atoms with Gasteiger partial charge in [-0.05, 0) is 48.9 Å². The number of aromatic nitrogens is 5. The molecule has 1 aliphatic carbocycles. The first kappa shape index (κ1) is 18.3. The summed E-state index contributed by atoms with van der Waals surface area (Å²) in [5.41, 5.74) is 6.58. The second-order valence-corrected chi connectivity index (χ2v) is 8.51. The van der Waals surface area contributed by atoms with Crippen molar-refractivity contribution in [1.29, 1.82) is 5.26 Å². The Morgan fingerprint density at radius 2 is 2.13 bits per heavy atom. The van der Waals surface area contributed by atoms with Gasteiger partial charge in [-0.3, -0.25) is 9.08 Å². The minimum Gasteiger partial charge on any atom is -0.312 e. The van der Waals surface area contributed by atoms with Gasteiger partial charge in [-0.2, -0.15) is 10.4 Å². The molecule has 0 spiro atoms. The first-order valence-corrected chi connectivity index (χ1v) is 10.9. The fourth-order valence-corrected chi connectivity index (χ4v) is 4.60. The summed E-state index contributed by atoms with van der Waals surface area (Å²) in [6.07, 6.45) is 11.5. The molecule has 0 saturated heterocycles. The molecule has 1 aliphatic heterocycles. The van der Waals surface area contributed by atoms with Crippen LogP contribution < -0.4 is 5.32 Å². The zero-order valence-corrected chi connectivity index (χ0v) is 17.2. The van der Waals surface area contributed by atoms with Crippen molar-refractivity contribution in [3.05, 3.63) is 60.2 Å². The summed E-state index contributed by atoms with van der Waals surface area (Å²) < 4.78 is 3.96. The molecule has 0 amide bonds. The highest BCUT2D eigenvalue weighted by Gasteiger charge is 2.33. The maximum atomic E-state index is 9.24. The average Bonchev–Trinajstić information content (AvgIpc) is 3.32. The molecular weight excluding hydrogens is 386 g/mol. The highest BCUT2D eigenvalue weighted by Crippen LogP contribution is 2.41. The number of nitrogens with zero attached hydrogens (tertiary/aromatic N) is 6. The van der Waals surface area contributed by atoms with Crippen molar-refractivity contribution in [3.63, 3.8) is 0 Å². The van der Waals surface area contributed by atoms with Crippen LogP contribution in [0.2, 0.25) is 0 Å². The van der Waals surface area contributed by atoms with Crippen LogP contribution in [0.5, 0.6) is 0 Å². The Morgan fingerprint density at radius 3 is 3.00 bits per heavy atom. The third kappa shape index (κ3) is 3.29. The molecule has 7 nitrogen and oxygen atoms in total. The Hall–Kier alpha value is -3.50. The molecule has 6 rings (SSSR count). The van der Waals surface area contributed by atoms with Crippen LogP contribution in [0.15, 0.2) is 49.1 Å². The molecule has 2 aliphatic rings. The van der Waals surface area contributed by atoms with Crippen LogP contribution in [0.3, 0.4) is 0 Å². The summed E-state index contributed by atoms with van der Waals surface area (Å²) in [5.74, 6) is 1.38. The van der Waals surface area contributed by atoms with Gasteiger partial charge in [-0.25, -0.2) is 9.97 Å². The molecule has 154 valence electrons. The van der Waals surface area contributed by atoms with E-state index in [9.17, 15) is 5.26 Å². The van der Waals surface area contributed by atoms with Gasteiger partial charge in [0.25, 0.3) is 0 Å². The fraction of sp³-hybridized carbons (Fsp3) is 0.333. The zero-order valence-electron chi connectivity index (χ0n) is 17.2. The number of nitriles is 1. The second kappa shape index (κ2) is 7.33. The van der Waals surface area contributed by atoms with E-state index in [4.69, 9.17) is 4.98 Å². The van der Waals surface area contributed by atoms with E-state index < -0.39 is 0 Å². The van der Waals surface area contributed by atoms with E-state index in [2.05, 4.69) is 39.7 Å². The molecule has 3 aromatic heterocycles. The highest BCUT2D eigenvalue weighted by atomic mass is 15.3. The number of benzene rings is 1. The van der Waals surface area contributed by atoms with E-state index in [-0.39, 0.29) is 6.04 Å². The van der Waals surface area contributed by atoms with E-state index in [0.29, 0.717) is 12.3 Å². The van der Waals surface area contributed by atoms with Crippen molar-refractivity contribution in [2.24, 2.45) is 5.92 Å². The molecule has 1 unspecified atom stereocenters. The molecule has 0 bridgehead atoms. The largest absolute Gasteiger partial charge is 0.312 e. The molecule has 1 aromatic carbocycles. The van der Waals surface area contributed by atoms with E-state index in [0.717, 1.165) is 47.8 Å². The predicted molar refractivity (Wildman–Crippen MR) is 117 cm³/mol. The van der Waals surface area contributed by atoms with Gasteiger partial charge >= 0.3 is 0 Å². The fourth-order valence-electron chi connectivity index (χ4n) is 4.60. The maximum Gasteiger partial charge on any atom is 0.149 e. The normalized spacial score (nSPS) is 16.7. The molecule has 31 heavy (non-hydrogen) atoms. The van der Waals surface area contributed by atoms with Crippen molar-refractivity contribution < 1.29 is 0 Å². The lowest BCUT2D eigenvalue weighted by atomic mass is 9.97. The minimum atomic E-state index is 0.148.